The SMILES string of the molecule is CCCCc1nc(Br)nn1C(=O)n1cncn1. The van der Waals surface area contributed by atoms with Gasteiger partial charge in [-0.3, -0.25) is 0 Å². The van der Waals surface area contributed by atoms with Crippen molar-refractivity contribution in [2.75, 3.05) is 0 Å². The molecule has 0 saturated carbocycles. The van der Waals surface area contributed by atoms with Crippen LogP contribution in [-0.4, -0.2) is 35.6 Å². The maximum atomic E-state index is 12.0. The average molecular weight is 299 g/mol. The second-order valence-corrected chi connectivity index (χ2v) is 4.14. The van der Waals surface area contributed by atoms with Gasteiger partial charge in [0.1, 0.15) is 18.5 Å². The van der Waals surface area contributed by atoms with Crippen molar-refractivity contribution >= 4 is 22.0 Å². The fourth-order valence-electron chi connectivity index (χ4n) is 1.37. The average Bonchev–Trinajstić information content (AvgIpc) is 2.94. The van der Waals surface area contributed by atoms with Crippen molar-refractivity contribution in [2.45, 2.75) is 26.2 Å². The Kier molecular flexibility index (Phi) is 3.62. The van der Waals surface area contributed by atoms with Crippen molar-refractivity contribution in [1.82, 2.24) is 29.5 Å². The van der Waals surface area contributed by atoms with Gasteiger partial charge in [-0.15, -0.1) is 5.10 Å². The highest BCUT2D eigenvalue weighted by Crippen LogP contribution is 2.08. The van der Waals surface area contributed by atoms with E-state index < -0.39 is 0 Å². The summed E-state index contributed by atoms with van der Waals surface area (Å²) in [4.78, 5) is 19.9. The molecular weight excluding hydrogens is 288 g/mol. The number of halogens is 1. The van der Waals surface area contributed by atoms with Crippen LogP contribution in [0.15, 0.2) is 17.4 Å². The molecular formula is C9H11BrN6O. The number of carbonyl (C=O) groups excluding carboxylic acids is 1. The predicted octanol–water partition coefficient (Wildman–Crippen LogP) is 1.49. The molecule has 0 N–H and O–H groups in total. The number of aryl methyl sites for hydroxylation is 1. The van der Waals surface area contributed by atoms with Gasteiger partial charge in [-0.05, 0) is 22.4 Å². The van der Waals surface area contributed by atoms with Gasteiger partial charge >= 0.3 is 6.03 Å². The van der Waals surface area contributed by atoms with E-state index in [1.54, 1.807) is 0 Å². The Bertz CT molecular complexity index is 506. The maximum Gasteiger partial charge on any atom is 0.372 e. The largest absolute Gasteiger partial charge is 0.372 e. The van der Waals surface area contributed by atoms with E-state index >= 15 is 0 Å². The predicted molar refractivity (Wildman–Crippen MR) is 62.5 cm³/mol. The van der Waals surface area contributed by atoms with Crippen LogP contribution < -0.4 is 0 Å². The zero-order valence-electron chi connectivity index (χ0n) is 9.25. The standard InChI is InChI=1S/C9H11BrN6O/c1-2-3-4-7-13-8(10)14-16(7)9(17)15-6-11-5-12-15/h5-6H,2-4H2,1H3. The summed E-state index contributed by atoms with van der Waals surface area (Å²) < 4.78 is 2.77. The van der Waals surface area contributed by atoms with Crippen LogP contribution in [0.4, 0.5) is 4.79 Å². The van der Waals surface area contributed by atoms with Crippen molar-refractivity contribution in [3.05, 3.63) is 23.2 Å². The Morgan fingerprint density at radius 2 is 2.35 bits per heavy atom. The normalized spacial score (nSPS) is 10.7. The third-order valence-corrected chi connectivity index (χ3v) is 2.53. The molecule has 0 aromatic carbocycles. The summed E-state index contributed by atoms with van der Waals surface area (Å²) in [6.45, 7) is 2.08. The molecule has 0 bridgehead atoms. The lowest BCUT2D eigenvalue weighted by atomic mass is 10.2. The van der Waals surface area contributed by atoms with E-state index in [2.05, 4.69) is 43.0 Å². The van der Waals surface area contributed by atoms with Crippen molar-refractivity contribution in [3.63, 3.8) is 0 Å². The first-order chi connectivity index (χ1) is 8.22. The summed E-state index contributed by atoms with van der Waals surface area (Å²) in [5, 5.41) is 7.78. The van der Waals surface area contributed by atoms with Crippen LogP contribution in [0.5, 0.6) is 0 Å². The van der Waals surface area contributed by atoms with E-state index in [1.807, 2.05) is 0 Å². The van der Waals surface area contributed by atoms with Gasteiger partial charge in [0.05, 0.1) is 0 Å². The maximum absolute atomic E-state index is 12.0. The van der Waals surface area contributed by atoms with Crippen LogP contribution in [-0.2, 0) is 6.42 Å². The monoisotopic (exact) mass is 298 g/mol. The molecule has 2 aromatic heterocycles. The van der Waals surface area contributed by atoms with Gasteiger partial charge in [0.15, 0.2) is 0 Å². The molecule has 0 amide bonds. The lowest BCUT2D eigenvalue weighted by Crippen LogP contribution is -2.23. The Morgan fingerprint density at radius 1 is 1.53 bits per heavy atom. The Hall–Kier alpha value is -1.57. The van der Waals surface area contributed by atoms with Crippen molar-refractivity contribution < 1.29 is 4.79 Å². The molecule has 0 spiro atoms. The third-order valence-electron chi connectivity index (χ3n) is 2.20. The minimum atomic E-state index is -0.383. The van der Waals surface area contributed by atoms with Crippen LogP contribution >= 0.6 is 15.9 Å². The van der Waals surface area contributed by atoms with E-state index in [0.29, 0.717) is 17.0 Å². The zero-order chi connectivity index (χ0) is 12.3. The van der Waals surface area contributed by atoms with E-state index in [-0.39, 0.29) is 6.03 Å². The number of hydrogen-bond acceptors (Lipinski definition) is 5. The molecule has 2 aromatic rings. The molecule has 0 aliphatic heterocycles. The van der Waals surface area contributed by atoms with E-state index in [9.17, 15) is 4.79 Å². The van der Waals surface area contributed by atoms with Gasteiger partial charge in [0.25, 0.3) is 0 Å². The van der Waals surface area contributed by atoms with Gasteiger partial charge < -0.3 is 0 Å². The lowest BCUT2D eigenvalue weighted by molar-refractivity contribution is 0.237. The van der Waals surface area contributed by atoms with Gasteiger partial charge in [-0.25, -0.2) is 14.8 Å². The van der Waals surface area contributed by atoms with Crippen LogP contribution in [0.2, 0.25) is 0 Å². The quantitative estimate of drug-likeness (QED) is 0.858. The first-order valence-corrected chi connectivity index (χ1v) is 6.02. The highest BCUT2D eigenvalue weighted by molar-refractivity contribution is 9.10. The molecule has 8 heteroatoms. The molecule has 0 saturated heterocycles. The number of unbranched alkanes of at least 4 members (excludes halogenated alkanes) is 1. The van der Waals surface area contributed by atoms with Gasteiger partial charge in [0.2, 0.25) is 4.73 Å². The highest BCUT2D eigenvalue weighted by Gasteiger charge is 2.16. The number of carbonyl (C=O) groups is 1. The fraction of sp³-hybridized carbons (Fsp3) is 0.444. The molecule has 0 radical (unpaired) electrons. The molecule has 0 aliphatic rings. The molecule has 0 unspecified atom stereocenters. The van der Waals surface area contributed by atoms with Gasteiger partial charge in [0, 0.05) is 6.42 Å². The summed E-state index contributed by atoms with van der Waals surface area (Å²) >= 11 is 3.17. The third kappa shape index (κ3) is 2.57. The summed E-state index contributed by atoms with van der Waals surface area (Å²) in [6.07, 6.45) is 5.32. The van der Waals surface area contributed by atoms with E-state index in [1.165, 1.54) is 17.3 Å². The summed E-state index contributed by atoms with van der Waals surface area (Å²) in [5.74, 6) is 0.624. The molecule has 90 valence electrons. The summed E-state index contributed by atoms with van der Waals surface area (Å²) in [6, 6.07) is -0.383. The van der Waals surface area contributed by atoms with E-state index in [4.69, 9.17) is 0 Å². The molecule has 17 heavy (non-hydrogen) atoms. The van der Waals surface area contributed by atoms with Gasteiger partial charge in [-0.2, -0.15) is 14.5 Å². The Morgan fingerprint density at radius 3 is 3.00 bits per heavy atom. The lowest BCUT2D eigenvalue weighted by Gasteiger charge is -2.02. The minimum Gasteiger partial charge on any atom is -0.243 e. The zero-order valence-corrected chi connectivity index (χ0v) is 10.8. The van der Waals surface area contributed by atoms with Crippen molar-refractivity contribution in [1.29, 1.82) is 0 Å². The Labute approximate surface area is 106 Å². The molecule has 0 aliphatic carbocycles. The van der Waals surface area contributed by atoms with Crippen molar-refractivity contribution in [3.8, 4) is 0 Å². The van der Waals surface area contributed by atoms with E-state index in [0.717, 1.165) is 17.5 Å². The molecule has 0 atom stereocenters. The minimum absolute atomic E-state index is 0.383. The smallest absolute Gasteiger partial charge is 0.243 e. The second kappa shape index (κ2) is 5.17. The number of aromatic nitrogens is 6. The van der Waals surface area contributed by atoms with Crippen LogP contribution in [0.25, 0.3) is 0 Å². The van der Waals surface area contributed by atoms with Crippen LogP contribution in [0.3, 0.4) is 0 Å². The highest BCUT2D eigenvalue weighted by atomic mass is 79.9. The first kappa shape index (κ1) is 11.9. The van der Waals surface area contributed by atoms with Gasteiger partial charge in [-0.1, -0.05) is 13.3 Å². The fourth-order valence-corrected chi connectivity index (χ4v) is 1.73. The second-order valence-electron chi connectivity index (χ2n) is 3.44. The van der Waals surface area contributed by atoms with Crippen LogP contribution in [0.1, 0.15) is 25.6 Å². The van der Waals surface area contributed by atoms with Crippen molar-refractivity contribution in [2.24, 2.45) is 0 Å². The number of nitrogens with zero attached hydrogens (tertiary/aromatic N) is 6. The number of hydrogen-bond donors (Lipinski definition) is 0. The molecule has 0 fully saturated rings. The summed E-state index contributed by atoms with van der Waals surface area (Å²) in [5.41, 5.74) is 0. The molecule has 7 nitrogen and oxygen atoms in total. The summed E-state index contributed by atoms with van der Waals surface area (Å²) in [7, 11) is 0. The number of rotatable bonds is 3. The Balaban J connectivity index is 2.28. The topological polar surface area (TPSA) is 78.5 Å². The molecule has 2 heterocycles. The molecule has 2 rings (SSSR count). The first-order valence-electron chi connectivity index (χ1n) is 5.23. The van der Waals surface area contributed by atoms with Crippen LogP contribution in [0, 0.1) is 0 Å².